The second kappa shape index (κ2) is 25.8. The van der Waals surface area contributed by atoms with Gasteiger partial charge in [-0.2, -0.15) is 0 Å². The second-order valence-corrected chi connectivity index (χ2v) is 28.2. The van der Waals surface area contributed by atoms with Gasteiger partial charge in [0.2, 0.25) is 0 Å². The molecule has 2 heterocycles. The highest BCUT2D eigenvalue weighted by Gasteiger charge is 2.24. The zero-order valence-electron chi connectivity index (χ0n) is 58.8. The van der Waals surface area contributed by atoms with Crippen molar-refractivity contribution in [2.24, 2.45) is 0 Å². The van der Waals surface area contributed by atoms with Crippen molar-refractivity contribution in [2.45, 2.75) is 0 Å². The molecule has 0 bridgehead atoms. The Bertz CT molecular complexity index is 7280. The van der Waals surface area contributed by atoms with Crippen molar-refractivity contribution in [2.75, 3.05) is 9.80 Å². The number of nitrogens with zero attached hydrogens (tertiary/aromatic N) is 2. The van der Waals surface area contributed by atoms with E-state index >= 15 is 0 Å². The number of anilines is 6. The lowest BCUT2D eigenvalue weighted by Crippen LogP contribution is -2.10. The van der Waals surface area contributed by atoms with Crippen molar-refractivity contribution in [3.63, 3.8) is 0 Å². The Hall–Kier alpha value is -14.3. The maximum Gasteiger partial charge on any atom is 0.159 e. The maximum atomic E-state index is 6.89. The Balaban J connectivity index is 0.000000138. The average molecular weight is 1380 g/mol. The van der Waals surface area contributed by atoms with Crippen molar-refractivity contribution in [1.82, 2.24) is 0 Å². The van der Waals surface area contributed by atoms with E-state index in [0.29, 0.717) is 0 Å². The minimum atomic E-state index is 0.868. The summed E-state index contributed by atoms with van der Waals surface area (Å²) in [6.07, 6.45) is 0. The van der Waals surface area contributed by atoms with Crippen molar-refractivity contribution < 1.29 is 8.83 Å². The van der Waals surface area contributed by atoms with Gasteiger partial charge in [0.25, 0.3) is 0 Å². The largest absolute Gasteiger partial charge is 0.453 e. The zero-order chi connectivity index (χ0) is 71.2. The first-order valence-corrected chi connectivity index (χ1v) is 37.0. The van der Waals surface area contributed by atoms with Gasteiger partial charge >= 0.3 is 0 Å². The van der Waals surface area contributed by atoms with E-state index in [1.54, 1.807) is 0 Å². The third-order valence-electron chi connectivity index (χ3n) is 22.1. The minimum Gasteiger partial charge on any atom is -0.453 e. The van der Waals surface area contributed by atoms with Crippen LogP contribution in [0.1, 0.15) is 0 Å². The van der Waals surface area contributed by atoms with E-state index in [1.165, 1.54) is 120 Å². The summed E-state index contributed by atoms with van der Waals surface area (Å²) < 4.78 is 13.8. The third-order valence-corrected chi connectivity index (χ3v) is 22.1. The lowest BCUT2D eigenvalue weighted by Gasteiger charge is -2.26. The molecule has 0 amide bonds. The standard InChI is InChI=1S/2C52H33NO/c1-4-13-43-35(9-1)12-7-16-45(43)38-23-29-42(30-24-38)53(50-18-8-17-48-49-32-25-37-11-3-6-15-47(37)51(49)54-52(48)50)41-27-21-34(22-28-41)39-26-31-46-40(33-39)20-19-36-10-2-5-14-44(36)46;1-4-13-43-35(9-1)12-7-16-44(43)38-25-30-42(31-26-38)53(50-18-8-17-47-48-32-27-37-11-3-6-15-46(37)51(48)54-52(47)50)41-28-23-34(24-29-41)40-22-21-39-20-19-36-10-2-5-14-45(36)49(39)33-40/h2*1-33H. The van der Waals surface area contributed by atoms with Crippen LogP contribution >= 0.6 is 0 Å². The number of benzene rings is 20. The molecule has 4 nitrogen and oxygen atoms in total. The van der Waals surface area contributed by atoms with E-state index in [0.717, 1.165) is 88.8 Å². The van der Waals surface area contributed by atoms with Crippen LogP contribution < -0.4 is 9.80 Å². The van der Waals surface area contributed by atoms with Crippen LogP contribution in [0.15, 0.2) is 409 Å². The van der Waals surface area contributed by atoms with Gasteiger partial charge in [-0.15, -0.1) is 0 Å². The summed E-state index contributed by atoms with van der Waals surface area (Å²) >= 11 is 0. The molecule has 504 valence electrons. The summed E-state index contributed by atoms with van der Waals surface area (Å²) in [5.74, 6) is 0. The number of rotatable bonds is 10. The third kappa shape index (κ3) is 10.7. The van der Waals surface area contributed by atoms with E-state index in [-0.39, 0.29) is 0 Å². The fourth-order valence-electron chi connectivity index (χ4n) is 16.7. The van der Waals surface area contributed by atoms with Gasteiger partial charge in [-0.3, -0.25) is 0 Å². The summed E-state index contributed by atoms with van der Waals surface area (Å²) in [5, 5.41) is 24.1. The molecule has 0 aliphatic carbocycles. The first-order chi connectivity index (χ1) is 53.5. The van der Waals surface area contributed by atoms with Gasteiger partial charge in [0.05, 0.1) is 11.4 Å². The molecule has 0 saturated carbocycles. The fraction of sp³-hybridized carbons (Fsp3) is 0. The molecule has 2 aromatic heterocycles. The van der Waals surface area contributed by atoms with Gasteiger partial charge in [0.15, 0.2) is 11.2 Å². The van der Waals surface area contributed by atoms with Crippen LogP contribution in [0, 0.1) is 0 Å². The van der Waals surface area contributed by atoms with Gasteiger partial charge < -0.3 is 18.6 Å². The van der Waals surface area contributed by atoms with Gasteiger partial charge in [0.1, 0.15) is 11.2 Å². The quantitative estimate of drug-likeness (QED) is 0.128. The van der Waals surface area contributed by atoms with Gasteiger partial charge in [-0.1, -0.05) is 315 Å². The highest BCUT2D eigenvalue weighted by atomic mass is 16.3. The molecule has 0 aliphatic heterocycles. The van der Waals surface area contributed by atoms with E-state index in [2.05, 4.69) is 410 Å². The van der Waals surface area contributed by atoms with Crippen LogP contribution in [-0.4, -0.2) is 0 Å². The van der Waals surface area contributed by atoms with Crippen molar-refractivity contribution in [1.29, 1.82) is 0 Å². The van der Waals surface area contributed by atoms with E-state index in [4.69, 9.17) is 8.83 Å². The van der Waals surface area contributed by atoms with E-state index in [9.17, 15) is 0 Å². The van der Waals surface area contributed by atoms with Crippen LogP contribution in [0.5, 0.6) is 0 Å². The fourth-order valence-corrected chi connectivity index (χ4v) is 16.7. The Labute approximate surface area is 623 Å². The Morgan fingerprint density at radius 2 is 0.417 bits per heavy atom. The molecule has 0 spiro atoms. The lowest BCUT2D eigenvalue weighted by molar-refractivity contribution is 0.672. The molecule has 22 aromatic rings. The highest BCUT2D eigenvalue weighted by molar-refractivity contribution is 6.20. The molecule has 0 saturated heterocycles. The van der Waals surface area contributed by atoms with Crippen LogP contribution in [0.4, 0.5) is 34.1 Å². The summed E-state index contributed by atoms with van der Waals surface area (Å²) in [6, 6.07) is 144. The molecule has 0 radical (unpaired) electrons. The molecule has 0 aliphatic rings. The highest BCUT2D eigenvalue weighted by Crippen LogP contribution is 2.48. The molecule has 22 rings (SSSR count). The SMILES string of the molecule is c1ccc2c(-c3ccc(N(c4ccc(-c5ccc6c(ccc7ccccc76)c5)cc4)c4cccc5c4oc4c6ccccc6ccc54)cc3)cccc2c1.c1ccc2c(-c3ccc(N(c4ccc(-c5ccc6ccc7ccccc7c6c5)cc4)c4cccc5c4oc4c6ccccc6ccc54)cc3)cccc2c1. The average Bonchev–Trinajstić information content (AvgIpc) is 1.59. The van der Waals surface area contributed by atoms with Crippen LogP contribution in [0.25, 0.3) is 175 Å². The number of hydrogen-bond acceptors (Lipinski definition) is 4. The smallest absolute Gasteiger partial charge is 0.159 e. The van der Waals surface area contributed by atoms with Gasteiger partial charge in [-0.25, -0.2) is 0 Å². The number of fused-ring (bicyclic) bond motifs is 18. The monoisotopic (exact) mass is 1370 g/mol. The summed E-state index contributed by atoms with van der Waals surface area (Å²) in [5.41, 5.74) is 19.4. The summed E-state index contributed by atoms with van der Waals surface area (Å²) in [7, 11) is 0. The molecule has 108 heavy (non-hydrogen) atoms. The Morgan fingerprint density at radius 1 is 0.148 bits per heavy atom. The van der Waals surface area contributed by atoms with Crippen LogP contribution in [0.3, 0.4) is 0 Å². The number of furan rings is 2. The molecular formula is C104H66N2O2. The zero-order valence-corrected chi connectivity index (χ0v) is 58.8. The van der Waals surface area contributed by atoms with Gasteiger partial charge in [0, 0.05) is 55.1 Å². The number of hydrogen-bond donors (Lipinski definition) is 0. The number of para-hydroxylation sites is 2. The Morgan fingerprint density at radius 3 is 0.870 bits per heavy atom. The van der Waals surface area contributed by atoms with Crippen molar-refractivity contribution in [3.8, 4) is 44.5 Å². The topological polar surface area (TPSA) is 32.8 Å². The predicted octanol–water partition coefficient (Wildman–Crippen LogP) is 30.0. The molecule has 4 heteroatoms. The second-order valence-electron chi connectivity index (χ2n) is 28.2. The molecule has 20 aromatic carbocycles. The minimum absolute atomic E-state index is 0.868. The summed E-state index contributed by atoms with van der Waals surface area (Å²) in [6.45, 7) is 0. The van der Waals surface area contributed by atoms with E-state index < -0.39 is 0 Å². The van der Waals surface area contributed by atoms with E-state index in [1.807, 2.05) is 0 Å². The van der Waals surface area contributed by atoms with Crippen molar-refractivity contribution >= 4 is 164 Å². The summed E-state index contributed by atoms with van der Waals surface area (Å²) in [4.78, 5) is 4.66. The predicted molar refractivity (Wildman–Crippen MR) is 459 cm³/mol. The van der Waals surface area contributed by atoms with Crippen LogP contribution in [-0.2, 0) is 0 Å². The van der Waals surface area contributed by atoms with Crippen LogP contribution in [0.2, 0.25) is 0 Å². The molecule has 0 fully saturated rings. The molecule has 0 unspecified atom stereocenters. The van der Waals surface area contributed by atoms with Crippen molar-refractivity contribution in [3.05, 3.63) is 400 Å². The molecule has 0 N–H and O–H groups in total. The maximum absolute atomic E-state index is 6.89. The first kappa shape index (κ1) is 62.3. The normalized spacial score (nSPS) is 11.7. The Kier molecular flexibility index (Phi) is 14.9. The lowest BCUT2D eigenvalue weighted by atomic mass is 9.97. The first-order valence-electron chi connectivity index (χ1n) is 37.0. The van der Waals surface area contributed by atoms with Gasteiger partial charge in [-0.05, 0) is 205 Å². The molecular weight excluding hydrogens is 1310 g/mol. The molecule has 0 atom stereocenters.